The number of aliphatic carboxylic acids is 1. The molecule has 0 radical (unpaired) electrons. The quantitative estimate of drug-likeness (QED) is 0.732. The Morgan fingerprint density at radius 3 is 2.21 bits per heavy atom. The fraction of sp³-hybridized carbons (Fsp3) is 0.200. The zero-order valence-corrected chi connectivity index (χ0v) is 10.7. The molecule has 9 heteroatoms. The van der Waals surface area contributed by atoms with Gasteiger partial charge in [0.1, 0.15) is 0 Å². The lowest BCUT2D eigenvalue weighted by molar-refractivity contribution is -0.134. The van der Waals surface area contributed by atoms with Crippen LogP contribution in [0, 0.1) is 0 Å². The van der Waals surface area contributed by atoms with Gasteiger partial charge in [-0.2, -0.15) is 0 Å². The van der Waals surface area contributed by atoms with Crippen molar-refractivity contribution < 1.29 is 27.9 Å². The Morgan fingerprint density at radius 2 is 1.74 bits per heavy atom. The van der Waals surface area contributed by atoms with Crippen LogP contribution in [0.25, 0.3) is 0 Å². The van der Waals surface area contributed by atoms with Crippen LogP contribution in [0.1, 0.15) is 0 Å². The molecule has 0 atom stereocenters. The van der Waals surface area contributed by atoms with Crippen LogP contribution in [-0.4, -0.2) is 38.4 Å². The highest BCUT2D eigenvalue weighted by atomic mass is 32.2. The normalized spacial score (nSPS) is 10.6. The molecule has 0 aliphatic heterocycles. The first kappa shape index (κ1) is 14.8. The van der Waals surface area contributed by atoms with E-state index in [0.717, 1.165) is 0 Å². The van der Waals surface area contributed by atoms with Crippen LogP contribution in [-0.2, 0) is 19.6 Å². The number of sulfonamides is 1. The second-order valence-corrected chi connectivity index (χ2v) is 5.17. The van der Waals surface area contributed by atoms with Crippen LogP contribution >= 0.6 is 0 Å². The van der Waals surface area contributed by atoms with Gasteiger partial charge in [0.15, 0.2) is 5.75 Å². The van der Waals surface area contributed by atoms with Crippen molar-refractivity contribution in [3.8, 4) is 0 Å². The maximum absolute atomic E-state index is 11.3. The van der Waals surface area contributed by atoms with E-state index in [0.29, 0.717) is 5.69 Å². The van der Waals surface area contributed by atoms with Crippen molar-refractivity contribution in [2.24, 2.45) is 0 Å². The van der Waals surface area contributed by atoms with Crippen molar-refractivity contribution in [1.82, 2.24) is 0 Å². The van der Waals surface area contributed by atoms with Gasteiger partial charge in [0, 0.05) is 11.4 Å². The van der Waals surface area contributed by atoms with Crippen molar-refractivity contribution >= 4 is 33.5 Å². The van der Waals surface area contributed by atoms with Crippen molar-refractivity contribution in [1.29, 1.82) is 0 Å². The molecule has 0 bridgehead atoms. The summed E-state index contributed by atoms with van der Waals surface area (Å²) >= 11 is 0. The Bertz CT molecular complexity index is 566. The summed E-state index contributed by atoms with van der Waals surface area (Å²) in [5.41, 5.74) is 0.602. The highest BCUT2D eigenvalue weighted by Gasteiger charge is 2.15. The third-order valence-corrected chi connectivity index (χ3v) is 3.08. The Morgan fingerprint density at radius 1 is 1.21 bits per heavy atom. The Kier molecular flexibility index (Phi) is 4.70. The lowest BCUT2D eigenvalue weighted by Gasteiger charge is -2.07. The fourth-order valence-electron chi connectivity index (χ4n) is 1.17. The molecule has 0 aliphatic rings. The first-order chi connectivity index (χ1) is 8.82. The molecule has 0 saturated carbocycles. The van der Waals surface area contributed by atoms with Gasteiger partial charge in [0.05, 0.1) is 7.11 Å². The van der Waals surface area contributed by atoms with Crippen LogP contribution in [0.2, 0.25) is 0 Å². The minimum atomic E-state index is -3.94. The molecule has 1 rings (SSSR count). The SMILES string of the molecule is COC(=O)Nc1ccc(NS(=O)(=O)CC(=O)O)cc1. The van der Waals surface area contributed by atoms with Gasteiger partial charge in [0.2, 0.25) is 10.0 Å². The molecule has 1 amide bonds. The number of amides is 1. The highest BCUT2D eigenvalue weighted by molar-refractivity contribution is 7.93. The van der Waals surface area contributed by atoms with E-state index in [1.165, 1.54) is 31.4 Å². The highest BCUT2D eigenvalue weighted by Crippen LogP contribution is 2.15. The molecule has 3 N–H and O–H groups in total. The summed E-state index contributed by atoms with van der Waals surface area (Å²) in [4.78, 5) is 21.2. The molecule has 0 unspecified atom stereocenters. The number of ether oxygens (including phenoxy) is 1. The first-order valence-electron chi connectivity index (χ1n) is 5.00. The summed E-state index contributed by atoms with van der Waals surface area (Å²) < 4.78 is 29.1. The Labute approximate surface area is 109 Å². The fourth-order valence-corrected chi connectivity index (χ4v) is 2.06. The Balaban J connectivity index is 2.72. The van der Waals surface area contributed by atoms with Crippen LogP contribution in [0.15, 0.2) is 24.3 Å². The van der Waals surface area contributed by atoms with Crippen LogP contribution in [0.4, 0.5) is 16.2 Å². The number of hydrogen-bond donors (Lipinski definition) is 3. The topological polar surface area (TPSA) is 122 Å². The van der Waals surface area contributed by atoms with Gasteiger partial charge in [0.25, 0.3) is 0 Å². The van der Waals surface area contributed by atoms with E-state index in [1.807, 2.05) is 0 Å². The van der Waals surface area contributed by atoms with E-state index in [1.54, 1.807) is 0 Å². The molecule has 0 aromatic heterocycles. The van der Waals surface area contributed by atoms with Crippen LogP contribution in [0.3, 0.4) is 0 Å². The minimum absolute atomic E-state index is 0.191. The standard InChI is InChI=1S/C10H12N2O6S/c1-18-10(15)11-7-2-4-8(5-3-7)12-19(16,17)6-9(13)14/h2-5,12H,6H2,1H3,(H,11,15)(H,13,14). The van der Waals surface area contributed by atoms with E-state index in [2.05, 4.69) is 14.8 Å². The molecule has 0 saturated heterocycles. The van der Waals surface area contributed by atoms with Gasteiger partial charge in [-0.05, 0) is 24.3 Å². The molecule has 1 aromatic rings. The summed E-state index contributed by atoms with van der Waals surface area (Å²) in [7, 11) is -2.72. The van der Waals surface area contributed by atoms with Crippen molar-refractivity contribution in [3.63, 3.8) is 0 Å². The number of anilines is 2. The summed E-state index contributed by atoms with van der Waals surface area (Å²) in [6.45, 7) is 0. The molecule has 0 aliphatic carbocycles. The number of rotatable bonds is 5. The number of carboxylic acids is 1. The van der Waals surface area contributed by atoms with Crippen LogP contribution < -0.4 is 10.0 Å². The Hall–Kier alpha value is -2.29. The molecule has 19 heavy (non-hydrogen) atoms. The number of nitrogens with one attached hydrogen (secondary N) is 2. The summed E-state index contributed by atoms with van der Waals surface area (Å²) in [5, 5.41) is 10.8. The van der Waals surface area contributed by atoms with Crippen LogP contribution in [0.5, 0.6) is 0 Å². The van der Waals surface area contributed by atoms with Crippen molar-refractivity contribution in [2.45, 2.75) is 0 Å². The second kappa shape index (κ2) is 6.05. The van der Waals surface area contributed by atoms with Gasteiger partial charge in [-0.1, -0.05) is 0 Å². The van der Waals surface area contributed by atoms with Gasteiger partial charge >= 0.3 is 12.1 Å². The average molecular weight is 288 g/mol. The summed E-state index contributed by atoms with van der Waals surface area (Å²) in [6.07, 6.45) is -0.654. The molecule has 8 nitrogen and oxygen atoms in total. The van der Waals surface area contributed by atoms with E-state index in [-0.39, 0.29) is 5.69 Å². The number of carbonyl (C=O) groups is 2. The van der Waals surface area contributed by atoms with Gasteiger partial charge < -0.3 is 9.84 Å². The van der Waals surface area contributed by atoms with Crippen molar-refractivity contribution in [3.05, 3.63) is 24.3 Å². The second-order valence-electron chi connectivity index (χ2n) is 3.45. The first-order valence-corrected chi connectivity index (χ1v) is 6.65. The van der Waals surface area contributed by atoms with E-state index in [9.17, 15) is 18.0 Å². The number of methoxy groups -OCH3 is 1. The molecule has 0 heterocycles. The van der Waals surface area contributed by atoms with E-state index in [4.69, 9.17) is 5.11 Å². The number of hydrogen-bond acceptors (Lipinski definition) is 5. The largest absolute Gasteiger partial charge is 0.480 e. The number of benzene rings is 1. The average Bonchev–Trinajstić information content (AvgIpc) is 2.29. The maximum atomic E-state index is 11.3. The molecular weight excluding hydrogens is 276 g/mol. The minimum Gasteiger partial charge on any atom is -0.480 e. The zero-order chi connectivity index (χ0) is 14.5. The van der Waals surface area contributed by atoms with E-state index < -0.39 is 27.8 Å². The van der Waals surface area contributed by atoms with Crippen molar-refractivity contribution in [2.75, 3.05) is 22.9 Å². The third kappa shape index (κ3) is 5.25. The monoisotopic (exact) mass is 288 g/mol. The zero-order valence-electron chi connectivity index (χ0n) is 9.91. The number of carbonyl (C=O) groups excluding carboxylic acids is 1. The smallest absolute Gasteiger partial charge is 0.411 e. The van der Waals surface area contributed by atoms with Gasteiger partial charge in [-0.15, -0.1) is 0 Å². The van der Waals surface area contributed by atoms with E-state index >= 15 is 0 Å². The predicted molar refractivity (Wildman–Crippen MR) is 67.5 cm³/mol. The maximum Gasteiger partial charge on any atom is 0.411 e. The van der Waals surface area contributed by atoms with Gasteiger partial charge in [-0.25, -0.2) is 13.2 Å². The summed E-state index contributed by atoms with van der Waals surface area (Å²) in [5.74, 6) is -2.47. The third-order valence-electron chi connectivity index (χ3n) is 1.90. The molecule has 104 valence electrons. The molecule has 0 spiro atoms. The number of carboxylic acid groups (broad SMARTS) is 1. The predicted octanol–water partition coefficient (Wildman–Crippen LogP) is 0.691. The molecule has 1 aromatic carbocycles. The molecule has 0 fully saturated rings. The molecular formula is C10H12N2O6S. The summed E-state index contributed by atoms with van der Waals surface area (Å²) in [6, 6.07) is 5.64. The lowest BCUT2D eigenvalue weighted by atomic mass is 10.3. The van der Waals surface area contributed by atoms with Gasteiger partial charge in [-0.3, -0.25) is 14.8 Å². The lowest BCUT2D eigenvalue weighted by Crippen LogP contribution is -2.22.